The lowest BCUT2D eigenvalue weighted by molar-refractivity contribution is -0.154. The Labute approximate surface area is 274 Å². The number of halogens is 1. The van der Waals surface area contributed by atoms with Crippen molar-refractivity contribution in [2.24, 2.45) is 11.8 Å². The molecular formula is C35H41FN2O8S. The minimum atomic E-state index is -3.21. The number of carbonyl (C=O) groups excluding carboxylic acids is 1. The van der Waals surface area contributed by atoms with E-state index in [2.05, 4.69) is 4.72 Å². The first-order chi connectivity index (χ1) is 22.3. The molecule has 4 N–H and O–H groups in total. The van der Waals surface area contributed by atoms with Gasteiger partial charge in [-0.3, -0.25) is 14.4 Å². The molecule has 47 heavy (non-hydrogen) atoms. The molecule has 0 unspecified atom stereocenters. The summed E-state index contributed by atoms with van der Waals surface area (Å²) in [4.78, 5) is 37.7. The molecule has 1 amide bonds. The fraction of sp³-hybridized carbons (Fsp3) is 0.400. The number of β-lactam (4-membered cyclic amide) rings is 1. The first kappa shape index (κ1) is 35.7. The van der Waals surface area contributed by atoms with Crippen molar-refractivity contribution in [2.45, 2.75) is 63.5 Å². The first-order valence-electron chi connectivity index (χ1n) is 15.7. The maximum atomic E-state index is 13.6. The molecule has 252 valence electrons. The van der Waals surface area contributed by atoms with Gasteiger partial charge in [0.15, 0.2) is 5.92 Å². The topological polar surface area (TPSA) is 161 Å². The van der Waals surface area contributed by atoms with Crippen LogP contribution in [0.2, 0.25) is 0 Å². The molecule has 1 saturated heterocycles. The number of carboxylic acid groups (broad SMARTS) is 2. The Bertz CT molecular complexity index is 1620. The number of nitrogens with one attached hydrogen (secondary N) is 1. The molecule has 12 heteroatoms. The van der Waals surface area contributed by atoms with Crippen molar-refractivity contribution in [3.05, 3.63) is 101 Å². The highest BCUT2D eigenvalue weighted by Gasteiger charge is 2.48. The number of carboxylic acids is 2. The number of hydrogen-bond donors (Lipinski definition) is 4. The van der Waals surface area contributed by atoms with Crippen LogP contribution in [-0.2, 0) is 37.2 Å². The van der Waals surface area contributed by atoms with E-state index in [0.29, 0.717) is 44.2 Å². The lowest BCUT2D eigenvalue weighted by Crippen LogP contribution is -2.55. The predicted molar refractivity (Wildman–Crippen MR) is 175 cm³/mol. The Morgan fingerprint density at radius 1 is 0.851 bits per heavy atom. The van der Waals surface area contributed by atoms with Crippen molar-refractivity contribution >= 4 is 33.6 Å². The maximum Gasteiger partial charge on any atom is 0.317 e. The zero-order chi connectivity index (χ0) is 34.1. The summed E-state index contributed by atoms with van der Waals surface area (Å²) in [6.45, 7) is 0.377. The molecule has 3 aromatic rings. The summed E-state index contributed by atoms with van der Waals surface area (Å²) in [5.74, 6) is -5.02. The van der Waals surface area contributed by atoms with Crippen molar-refractivity contribution in [3.63, 3.8) is 0 Å². The van der Waals surface area contributed by atoms with E-state index in [1.807, 2.05) is 48.5 Å². The molecule has 1 heterocycles. The Morgan fingerprint density at radius 2 is 1.43 bits per heavy atom. The van der Waals surface area contributed by atoms with Gasteiger partial charge in [0.2, 0.25) is 15.9 Å². The third kappa shape index (κ3) is 9.93. The predicted octanol–water partition coefficient (Wildman–Crippen LogP) is 5.02. The van der Waals surface area contributed by atoms with E-state index >= 15 is 0 Å². The molecule has 10 nitrogen and oxygen atoms in total. The van der Waals surface area contributed by atoms with Crippen LogP contribution >= 0.6 is 0 Å². The van der Waals surface area contributed by atoms with Gasteiger partial charge in [-0.2, -0.15) is 0 Å². The number of aliphatic hydroxyl groups excluding tert-OH is 1. The molecule has 0 aliphatic carbocycles. The second-order valence-corrected chi connectivity index (χ2v) is 13.9. The number of aryl methyl sites for hydroxylation is 2. The van der Waals surface area contributed by atoms with E-state index in [4.69, 9.17) is 10.2 Å². The van der Waals surface area contributed by atoms with Crippen LogP contribution in [0.1, 0.15) is 72.9 Å². The summed E-state index contributed by atoms with van der Waals surface area (Å²) < 4.78 is 38.4. The number of rotatable bonds is 18. The second kappa shape index (κ2) is 16.1. The van der Waals surface area contributed by atoms with Crippen LogP contribution in [0.4, 0.5) is 10.1 Å². The van der Waals surface area contributed by atoms with Gasteiger partial charge in [0.25, 0.3) is 0 Å². The number of sulfonamides is 1. The highest BCUT2D eigenvalue weighted by atomic mass is 32.2. The van der Waals surface area contributed by atoms with E-state index in [1.54, 1.807) is 4.90 Å². The number of amides is 1. The normalized spacial score (nSPS) is 17.0. The van der Waals surface area contributed by atoms with Gasteiger partial charge in [-0.25, -0.2) is 17.5 Å². The lowest BCUT2D eigenvalue weighted by atomic mass is 9.78. The number of carbonyl (C=O) groups is 3. The largest absolute Gasteiger partial charge is 0.481 e. The molecule has 1 aliphatic rings. The second-order valence-electron chi connectivity index (χ2n) is 12.1. The monoisotopic (exact) mass is 668 g/mol. The van der Waals surface area contributed by atoms with Gasteiger partial charge in [-0.05, 0) is 97.9 Å². The van der Waals surface area contributed by atoms with Gasteiger partial charge in [-0.1, -0.05) is 48.5 Å². The van der Waals surface area contributed by atoms with Gasteiger partial charge in [0.05, 0.1) is 24.3 Å². The number of hydrogen-bond acceptors (Lipinski definition) is 6. The number of benzene rings is 3. The van der Waals surface area contributed by atoms with Gasteiger partial charge in [0, 0.05) is 12.2 Å². The van der Waals surface area contributed by atoms with Crippen molar-refractivity contribution in [3.8, 4) is 0 Å². The number of aliphatic hydroxyl groups is 1. The summed E-state index contributed by atoms with van der Waals surface area (Å²) in [6.07, 6.45) is 4.16. The molecule has 1 aliphatic heterocycles. The van der Waals surface area contributed by atoms with Gasteiger partial charge in [0.1, 0.15) is 5.82 Å². The maximum absolute atomic E-state index is 13.6. The summed E-state index contributed by atoms with van der Waals surface area (Å²) >= 11 is 0. The highest BCUT2D eigenvalue weighted by Crippen LogP contribution is 2.46. The summed E-state index contributed by atoms with van der Waals surface area (Å²) in [5.41, 5.74) is 4.18. The van der Waals surface area contributed by atoms with E-state index in [9.17, 15) is 32.3 Å². The lowest BCUT2D eigenvalue weighted by Gasteiger charge is -2.48. The van der Waals surface area contributed by atoms with Crippen molar-refractivity contribution < 1.29 is 42.5 Å². The average molecular weight is 669 g/mol. The zero-order valence-corrected chi connectivity index (χ0v) is 27.0. The van der Waals surface area contributed by atoms with E-state index in [-0.39, 0.29) is 18.4 Å². The third-order valence-corrected chi connectivity index (χ3v) is 9.29. The molecule has 0 spiro atoms. The molecule has 0 aromatic heterocycles. The fourth-order valence-corrected chi connectivity index (χ4v) is 6.48. The van der Waals surface area contributed by atoms with Gasteiger partial charge in [-0.15, -0.1) is 0 Å². The van der Waals surface area contributed by atoms with Crippen molar-refractivity contribution in [2.75, 3.05) is 17.7 Å². The Balaban J connectivity index is 1.45. The van der Waals surface area contributed by atoms with Crippen LogP contribution in [0.15, 0.2) is 72.8 Å². The van der Waals surface area contributed by atoms with E-state index in [1.165, 1.54) is 24.3 Å². The van der Waals surface area contributed by atoms with Crippen LogP contribution in [0.5, 0.6) is 0 Å². The number of unbranched alkanes of at least 4 members (excludes halogenated alkanes) is 1. The molecule has 0 bridgehead atoms. The smallest absolute Gasteiger partial charge is 0.317 e. The minimum Gasteiger partial charge on any atom is -0.481 e. The molecule has 3 atom stereocenters. The molecule has 0 radical (unpaired) electrons. The van der Waals surface area contributed by atoms with Crippen LogP contribution in [0.3, 0.4) is 0 Å². The van der Waals surface area contributed by atoms with E-state index in [0.717, 1.165) is 41.5 Å². The van der Waals surface area contributed by atoms with Crippen LogP contribution in [0.25, 0.3) is 0 Å². The Kier molecular flexibility index (Phi) is 12.3. The van der Waals surface area contributed by atoms with Crippen LogP contribution in [-0.4, -0.2) is 54.4 Å². The Hall–Kier alpha value is -4.13. The minimum absolute atomic E-state index is 0.0172. The van der Waals surface area contributed by atoms with Crippen molar-refractivity contribution in [1.29, 1.82) is 0 Å². The number of anilines is 1. The molecule has 3 aromatic carbocycles. The van der Waals surface area contributed by atoms with Crippen LogP contribution in [0, 0.1) is 17.7 Å². The molecule has 1 fully saturated rings. The molecule has 0 saturated carbocycles. The summed E-state index contributed by atoms with van der Waals surface area (Å²) in [5, 5.41) is 29.0. The molecule has 4 rings (SSSR count). The van der Waals surface area contributed by atoms with Gasteiger partial charge < -0.3 is 20.2 Å². The van der Waals surface area contributed by atoms with E-state index < -0.39 is 45.7 Å². The standard InChI is InChI=1S/C35H41FN2O8S/c1-47(45,46)37-22-3-2-5-23-10-18-28(19-11-23)38-32(29(33(38)40)20-21-31(39)25-14-16-27(36)17-15-25)26-12-8-24(9-13-26)6-4-7-30(34(41)42)35(43)44/h8-19,29-32,37,39H,2-7,20-22H2,1H3,(H,41,42)(H,43,44)/t29-,31+,32-/m1/s1. The number of aliphatic carboxylic acids is 2. The first-order valence-corrected chi connectivity index (χ1v) is 17.6. The molecular weight excluding hydrogens is 627 g/mol. The fourth-order valence-electron chi connectivity index (χ4n) is 5.97. The van der Waals surface area contributed by atoms with Gasteiger partial charge >= 0.3 is 11.9 Å². The number of nitrogens with zero attached hydrogens (tertiary/aromatic N) is 1. The summed E-state index contributed by atoms with van der Waals surface area (Å²) in [6, 6.07) is 20.7. The SMILES string of the molecule is CS(=O)(=O)NCCCCc1ccc(N2C(=O)[C@H](CC[C@H](O)c3ccc(F)cc3)[C@H]2c2ccc(CCCC(C(=O)O)C(=O)O)cc2)cc1. The third-order valence-electron chi connectivity index (χ3n) is 8.57. The quantitative estimate of drug-likeness (QED) is 0.0835. The zero-order valence-electron chi connectivity index (χ0n) is 26.2. The van der Waals surface area contributed by atoms with Crippen molar-refractivity contribution in [1.82, 2.24) is 4.72 Å². The summed E-state index contributed by atoms with van der Waals surface area (Å²) in [7, 11) is -3.21. The average Bonchev–Trinajstić information content (AvgIpc) is 3.02. The highest BCUT2D eigenvalue weighted by molar-refractivity contribution is 7.88. The Morgan fingerprint density at radius 3 is 2.00 bits per heavy atom. The van der Waals surface area contributed by atoms with Crippen LogP contribution < -0.4 is 9.62 Å².